The molecule has 3 aromatic rings. The Balaban J connectivity index is 1.41. The number of alkyl halides is 3. The number of carbonyl (C=O) groups is 2. The average Bonchev–Trinajstić information content (AvgIpc) is 3.18. The van der Waals surface area contributed by atoms with Crippen molar-refractivity contribution >= 4 is 23.3 Å². The van der Waals surface area contributed by atoms with Crippen LogP contribution in [0.1, 0.15) is 21.8 Å². The van der Waals surface area contributed by atoms with Gasteiger partial charge in [-0.1, -0.05) is 23.4 Å². The van der Waals surface area contributed by atoms with E-state index in [0.717, 1.165) is 12.1 Å². The highest BCUT2D eigenvalue weighted by Gasteiger charge is 2.31. The Kier molecular flexibility index (Phi) is 5.71. The molecule has 2 aromatic carbocycles. The Labute approximate surface area is 179 Å². The highest BCUT2D eigenvalue weighted by Crippen LogP contribution is 2.26. The minimum absolute atomic E-state index is 0.0926. The Morgan fingerprint density at radius 1 is 1.00 bits per heavy atom. The summed E-state index contributed by atoms with van der Waals surface area (Å²) in [5, 5.41) is 9.20. The number of nitrogens with zero attached hydrogens (tertiary/aromatic N) is 2. The zero-order valence-corrected chi connectivity index (χ0v) is 16.5. The molecule has 32 heavy (non-hydrogen) atoms. The zero-order valence-electron chi connectivity index (χ0n) is 16.5. The Morgan fingerprint density at radius 2 is 1.69 bits per heavy atom. The molecule has 4 rings (SSSR count). The van der Waals surface area contributed by atoms with Crippen molar-refractivity contribution in [3.63, 3.8) is 0 Å². The Morgan fingerprint density at radius 3 is 2.38 bits per heavy atom. The molecular weight excluding hydrogens is 429 g/mol. The van der Waals surface area contributed by atoms with Crippen molar-refractivity contribution in [3.05, 3.63) is 71.6 Å². The third-order valence-electron chi connectivity index (χ3n) is 4.70. The summed E-state index contributed by atoms with van der Waals surface area (Å²) < 4.78 is 45.9. The quantitative estimate of drug-likeness (QED) is 0.619. The number of rotatable bonds is 4. The summed E-state index contributed by atoms with van der Waals surface area (Å²) in [6.07, 6.45) is -4.42. The first kappa shape index (κ1) is 21.2. The van der Waals surface area contributed by atoms with Gasteiger partial charge in [0.1, 0.15) is 11.5 Å². The fourth-order valence-corrected chi connectivity index (χ4v) is 3.22. The van der Waals surface area contributed by atoms with Crippen molar-refractivity contribution in [1.82, 2.24) is 10.1 Å². The minimum atomic E-state index is -4.79. The number of amides is 3. The number of benzene rings is 2. The van der Waals surface area contributed by atoms with E-state index in [0.29, 0.717) is 35.7 Å². The van der Waals surface area contributed by atoms with Gasteiger partial charge in [0.2, 0.25) is 0 Å². The van der Waals surface area contributed by atoms with Gasteiger partial charge in [0.05, 0.1) is 6.54 Å². The monoisotopic (exact) mass is 446 g/mol. The van der Waals surface area contributed by atoms with Crippen molar-refractivity contribution in [2.24, 2.45) is 0 Å². The van der Waals surface area contributed by atoms with Gasteiger partial charge >= 0.3 is 12.4 Å². The third-order valence-corrected chi connectivity index (χ3v) is 4.70. The summed E-state index contributed by atoms with van der Waals surface area (Å²) in [4.78, 5) is 26.7. The van der Waals surface area contributed by atoms with Gasteiger partial charge in [-0.05, 0) is 36.4 Å². The van der Waals surface area contributed by atoms with Gasteiger partial charge in [0.25, 0.3) is 5.91 Å². The number of aromatic nitrogens is 1. The molecule has 0 spiro atoms. The summed E-state index contributed by atoms with van der Waals surface area (Å²) in [5.74, 6) is -0.318. The van der Waals surface area contributed by atoms with E-state index in [1.54, 1.807) is 24.3 Å². The van der Waals surface area contributed by atoms with Crippen LogP contribution in [0.4, 0.5) is 29.3 Å². The summed E-state index contributed by atoms with van der Waals surface area (Å²) in [6.45, 7) is 0.417. The lowest BCUT2D eigenvalue weighted by molar-refractivity contribution is -0.274. The SMILES string of the molecule is O=C(Nc1ccccc1)c1noc2c1CN(C(=O)Nc1ccc(OC(F)(F)F)cc1)CC2. The van der Waals surface area contributed by atoms with Crippen LogP contribution >= 0.6 is 0 Å². The van der Waals surface area contributed by atoms with Gasteiger partial charge in [0.15, 0.2) is 5.69 Å². The number of urea groups is 1. The minimum Gasteiger partial charge on any atom is -0.406 e. The van der Waals surface area contributed by atoms with E-state index in [1.165, 1.54) is 17.0 Å². The second-order valence-corrected chi connectivity index (χ2v) is 6.93. The van der Waals surface area contributed by atoms with E-state index in [4.69, 9.17) is 4.52 Å². The number of hydrogen-bond donors (Lipinski definition) is 2. The topological polar surface area (TPSA) is 96.7 Å². The second-order valence-electron chi connectivity index (χ2n) is 6.93. The lowest BCUT2D eigenvalue weighted by Gasteiger charge is -2.26. The van der Waals surface area contributed by atoms with Crippen LogP contribution < -0.4 is 15.4 Å². The van der Waals surface area contributed by atoms with E-state index in [1.807, 2.05) is 6.07 Å². The van der Waals surface area contributed by atoms with Crippen LogP contribution in [0.25, 0.3) is 0 Å². The largest absolute Gasteiger partial charge is 0.573 e. The van der Waals surface area contributed by atoms with E-state index in [9.17, 15) is 22.8 Å². The molecule has 0 saturated carbocycles. The fourth-order valence-electron chi connectivity index (χ4n) is 3.22. The lowest BCUT2D eigenvalue weighted by atomic mass is 10.1. The first-order valence-corrected chi connectivity index (χ1v) is 9.54. The maximum atomic E-state index is 12.6. The van der Waals surface area contributed by atoms with Crippen LogP contribution in [0.15, 0.2) is 59.1 Å². The van der Waals surface area contributed by atoms with Gasteiger partial charge in [-0.2, -0.15) is 0 Å². The van der Waals surface area contributed by atoms with Crippen molar-refractivity contribution in [2.45, 2.75) is 19.3 Å². The lowest BCUT2D eigenvalue weighted by Crippen LogP contribution is -2.39. The van der Waals surface area contributed by atoms with Crippen molar-refractivity contribution < 1.29 is 32.0 Å². The Hall–Kier alpha value is -4.02. The maximum Gasteiger partial charge on any atom is 0.573 e. The number of ether oxygens (including phenoxy) is 1. The van der Waals surface area contributed by atoms with E-state index >= 15 is 0 Å². The standard InChI is InChI=1S/C21H17F3N4O4/c22-21(23,24)31-15-8-6-14(7-9-15)26-20(30)28-11-10-17-16(12-28)18(27-32-17)19(29)25-13-4-2-1-3-5-13/h1-9H,10-12H2,(H,25,29)(H,26,30). The number of nitrogens with one attached hydrogen (secondary N) is 2. The highest BCUT2D eigenvalue weighted by atomic mass is 19.4. The molecule has 0 aliphatic carbocycles. The van der Waals surface area contributed by atoms with Gasteiger partial charge < -0.3 is 24.8 Å². The molecule has 1 aliphatic heterocycles. The third kappa shape index (κ3) is 4.99. The highest BCUT2D eigenvalue weighted by molar-refractivity contribution is 6.04. The Bertz CT molecular complexity index is 1110. The molecule has 0 saturated heterocycles. The predicted octanol–water partition coefficient (Wildman–Crippen LogP) is 4.42. The van der Waals surface area contributed by atoms with Gasteiger partial charge in [-0.15, -0.1) is 13.2 Å². The van der Waals surface area contributed by atoms with E-state index in [2.05, 4.69) is 20.5 Å². The number of halogens is 3. The molecule has 0 bridgehead atoms. The molecule has 2 heterocycles. The first-order valence-electron chi connectivity index (χ1n) is 9.54. The molecule has 8 nitrogen and oxygen atoms in total. The molecule has 11 heteroatoms. The summed E-state index contributed by atoms with van der Waals surface area (Å²) in [5.41, 5.74) is 1.49. The molecule has 166 valence electrons. The smallest absolute Gasteiger partial charge is 0.406 e. The van der Waals surface area contributed by atoms with Gasteiger partial charge in [0, 0.05) is 29.9 Å². The number of para-hydroxylation sites is 1. The van der Waals surface area contributed by atoms with Gasteiger partial charge in [-0.25, -0.2) is 4.79 Å². The number of anilines is 2. The van der Waals surface area contributed by atoms with Gasteiger partial charge in [-0.3, -0.25) is 4.79 Å². The van der Waals surface area contributed by atoms with Crippen LogP contribution in [0.3, 0.4) is 0 Å². The summed E-state index contributed by atoms with van der Waals surface area (Å²) in [6, 6.07) is 13.2. The molecule has 0 radical (unpaired) electrons. The summed E-state index contributed by atoms with van der Waals surface area (Å²) in [7, 11) is 0. The predicted molar refractivity (Wildman–Crippen MR) is 107 cm³/mol. The average molecular weight is 446 g/mol. The van der Waals surface area contributed by atoms with Crippen LogP contribution in [0, 0.1) is 0 Å². The van der Waals surface area contributed by atoms with E-state index < -0.39 is 24.1 Å². The molecule has 2 N–H and O–H groups in total. The molecule has 3 amide bonds. The van der Waals surface area contributed by atoms with Crippen LogP contribution in [-0.4, -0.2) is 34.9 Å². The normalized spacial score (nSPS) is 13.3. The number of hydrogen-bond acceptors (Lipinski definition) is 5. The van der Waals surface area contributed by atoms with Crippen molar-refractivity contribution in [3.8, 4) is 5.75 Å². The first-order chi connectivity index (χ1) is 15.3. The van der Waals surface area contributed by atoms with Crippen LogP contribution in [0.5, 0.6) is 5.75 Å². The molecule has 1 aliphatic rings. The number of fused-ring (bicyclic) bond motifs is 1. The number of carbonyl (C=O) groups excluding carboxylic acids is 2. The van der Waals surface area contributed by atoms with Crippen LogP contribution in [0.2, 0.25) is 0 Å². The molecule has 0 fully saturated rings. The van der Waals surface area contributed by atoms with E-state index in [-0.39, 0.29) is 12.2 Å². The molecule has 0 unspecified atom stereocenters. The molecular formula is C21H17F3N4O4. The van der Waals surface area contributed by atoms with Crippen LogP contribution in [-0.2, 0) is 13.0 Å². The fraction of sp³-hybridized carbons (Fsp3) is 0.190. The van der Waals surface area contributed by atoms with Crippen molar-refractivity contribution in [2.75, 3.05) is 17.2 Å². The second kappa shape index (κ2) is 8.61. The van der Waals surface area contributed by atoms with Crippen molar-refractivity contribution in [1.29, 1.82) is 0 Å². The maximum absolute atomic E-state index is 12.6. The molecule has 1 aromatic heterocycles. The molecule has 0 atom stereocenters. The zero-order chi connectivity index (χ0) is 22.7. The summed E-state index contributed by atoms with van der Waals surface area (Å²) >= 11 is 0.